The highest BCUT2D eigenvalue weighted by molar-refractivity contribution is 5.71. The van der Waals surface area contributed by atoms with Crippen LogP contribution in [0, 0.1) is 0 Å². The van der Waals surface area contributed by atoms with Crippen LogP contribution in [-0.2, 0) is 28.6 Å². The summed E-state index contributed by atoms with van der Waals surface area (Å²) in [5.74, 6) is -0.954. The summed E-state index contributed by atoms with van der Waals surface area (Å²) >= 11 is 0. The molecule has 0 N–H and O–H groups in total. The summed E-state index contributed by atoms with van der Waals surface area (Å²) in [6.07, 6.45) is 70.4. The Hall–Kier alpha value is -3.15. The largest absolute Gasteiger partial charge is 0.462 e. The van der Waals surface area contributed by atoms with Crippen molar-refractivity contribution in [3.05, 3.63) is 72.9 Å². The maximum absolute atomic E-state index is 12.8. The van der Waals surface area contributed by atoms with E-state index in [1.165, 1.54) is 141 Å². The molecule has 0 unspecified atom stereocenters. The van der Waals surface area contributed by atoms with E-state index in [1.807, 2.05) is 0 Å². The number of hydrogen-bond donors (Lipinski definition) is 0. The van der Waals surface area contributed by atoms with Crippen molar-refractivity contribution < 1.29 is 28.6 Å². The molecule has 0 aliphatic rings. The third-order valence-electron chi connectivity index (χ3n) is 12.2. The highest BCUT2D eigenvalue weighted by Gasteiger charge is 2.19. The molecule has 0 rings (SSSR count). The van der Waals surface area contributed by atoms with Crippen molar-refractivity contribution in [3.8, 4) is 0 Å². The maximum atomic E-state index is 12.8. The van der Waals surface area contributed by atoms with Gasteiger partial charge in [0.1, 0.15) is 13.2 Å². The van der Waals surface area contributed by atoms with Crippen molar-refractivity contribution in [1.82, 2.24) is 0 Å². The van der Waals surface area contributed by atoms with Crippen molar-refractivity contribution in [2.45, 2.75) is 284 Å². The molecule has 0 aromatic rings. The Balaban J connectivity index is 4.45. The van der Waals surface area contributed by atoms with Gasteiger partial charge in [0, 0.05) is 19.3 Å². The monoisotopic (exact) mass is 935 g/mol. The molecule has 0 aliphatic heterocycles. The van der Waals surface area contributed by atoms with Gasteiger partial charge in [-0.05, 0) is 83.5 Å². The van der Waals surface area contributed by atoms with Crippen LogP contribution in [0.2, 0.25) is 0 Å². The van der Waals surface area contributed by atoms with Gasteiger partial charge >= 0.3 is 17.9 Å². The Labute approximate surface area is 414 Å². The van der Waals surface area contributed by atoms with Crippen LogP contribution in [0.5, 0.6) is 0 Å². The van der Waals surface area contributed by atoms with Crippen molar-refractivity contribution in [2.24, 2.45) is 0 Å². The SMILES string of the molecule is CC/C=C\C/C=C\C/C=C\C/C=C\C/C=C\CCCC(=O)OC[C@H](COC(=O)CCCCCCCCCCCCCCCCCCC)OC(=O)CCCCCCC/C=C\CCCCCCCC. The van der Waals surface area contributed by atoms with Gasteiger partial charge in [0.2, 0.25) is 0 Å². The molecule has 0 aromatic carbocycles. The minimum Gasteiger partial charge on any atom is -0.462 e. The van der Waals surface area contributed by atoms with Crippen LogP contribution in [0.3, 0.4) is 0 Å². The van der Waals surface area contributed by atoms with E-state index in [9.17, 15) is 14.4 Å². The summed E-state index contributed by atoms with van der Waals surface area (Å²) in [7, 11) is 0. The zero-order valence-electron chi connectivity index (χ0n) is 44.2. The van der Waals surface area contributed by atoms with Crippen LogP contribution >= 0.6 is 0 Å². The van der Waals surface area contributed by atoms with Crippen LogP contribution in [0.4, 0.5) is 0 Å². The molecule has 67 heavy (non-hydrogen) atoms. The fourth-order valence-corrected chi connectivity index (χ4v) is 7.94. The lowest BCUT2D eigenvalue weighted by molar-refractivity contribution is -0.167. The summed E-state index contributed by atoms with van der Waals surface area (Å²) < 4.78 is 16.8. The number of carbonyl (C=O) groups excluding carboxylic acids is 3. The second kappa shape index (κ2) is 55.4. The zero-order valence-corrected chi connectivity index (χ0v) is 44.2. The normalized spacial score (nSPS) is 12.6. The minimum atomic E-state index is -0.801. The van der Waals surface area contributed by atoms with Gasteiger partial charge in [-0.25, -0.2) is 0 Å². The van der Waals surface area contributed by atoms with E-state index < -0.39 is 6.10 Å². The number of allylic oxidation sites excluding steroid dienone is 12. The fourth-order valence-electron chi connectivity index (χ4n) is 7.94. The summed E-state index contributed by atoms with van der Waals surface area (Å²) in [6.45, 7) is 6.49. The van der Waals surface area contributed by atoms with E-state index in [1.54, 1.807) is 0 Å². The van der Waals surface area contributed by atoms with Crippen LogP contribution in [0.1, 0.15) is 278 Å². The lowest BCUT2D eigenvalue weighted by Crippen LogP contribution is -2.30. The Morgan fingerprint density at radius 2 is 0.597 bits per heavy atom. The standard InChI is InChI=1S/C61H106O6/c1-4-7-10-13-16-19-22-25-28-30-33-35-38-41-44-47-50-53-59(62)65-56-58(67-61(64)55-52-49-46-43-40-37-32-27-24-21-18-15-12-9-6-3)57-66-60(63)54-51-48-45-42-39-36-34-31-29-26-23-20-17-14-11-8-5-2/h7,10,16,19,25,27-28,32-33,35,41,44,58H,4-6,8-9,11-15,17-18,20-24,26,29-31,34,36-40,42-43,45-57H2,1-3H3/b10-7-,19-16-,28-25-,32-27-,35-33-,44-41-/t58-/m1/s1. The van der Waals surface area contributed by atoms with Gasteiger partial charge in [-0.15, -0.1) is 0 Å². The smallest absolute Gasteiger partial charge is 0.306 e. The Morgan fingerprint density at radius 1 is 0.313 bits per heavy atom. The van der Waals surface area contributed by atoms with Gasteiger partial charge in [0.15, 0.2) is 6.10 Å². The van der Waals surface area contributed by atoms with Crippen molar-refractivity contribution in [1.29, 1.82) is 0 Å². The lowest BCUT2D eigenvalue weighted by Gasteiger charge is -2.18. The molecule has 6 nitrogen and oxygen atoms in total. The van der Waals surface area contributed by atoms with Crippen molar-refractivity contribution >= 4 is 17.9 Å². The molecule has 0 fully saturated rings. The first-order chi connectivity index (χ1) is 33.0. The van der Waals surface area contributed by atoms with Crippen LogP contribution in [0.25, 0.3) is 0 Å². The van der Waals surface area contributed by atoms with Gasteiger partial charge in [-0.3, -0.25) is 14.4 Å². The average molecular weight is 936 g/mol. The molecule has 0 aromatic heterocycles. The zero-order chi connectivity index (χ0) is 48.6. The Kier molecular flexibility index (Phi) is 52.8. The van der Waals surface area contributed by atoms with Crippen LogP contribution in [-0.4, -0.2) is 37.2 Å². The summed E-state index contributed by atoms with van der Waals surface area (Å²) in [5, 5.41) is 0. The molecule has 0 saturated heterocycles. The summed E-state index contributed by atoms with van der Waals surface area (Å²) in [5.41, 5.74) is 0. The van der Waals surface area contributed by atoms with Crippen LogP contribution < -0.4 is 0 Å². The molecule has 0 aliphatic carbocycles. The van der Waals surface area contributed by atoms with E-state index in [0.717, 1.165) is 89.9 Å². The second-order valence-electron chi connectivity index (χ2n) is 18.8. The topological polar surface area (TPSA) is 78.9 Å². The number of esters is 3. The fraction of sp³-hybridized carbons (Fsp3) is 0.754. The second-order valence-corrected chi connectivity index (χ2v) is 18.8. The Morgan fingerprint density at radius 3 is 0.985 bits per heavy atom. The van der Waals surface area contributed by atoms with Gasteiger partial charge in [0.05, 0.1) is 0 Å². The van der Waals surface area contributed by atoms with E-state index in [0.29, 0.717) is 19.3 Å². The minimum absolute atomic E-state index is 0.0940. The molecule has 0 radical (unpaired) electrons. The van der Waals surface area contributed by atoms with Gasteiger partial charge in [-0.1, -0.05) is 248 Å². The van der Waals surface area contributed by atoms with Crippen LogP contribution in [0.15, 0.2) is 72.9 Å². The number of unbranched alkanes of at least 4 members (excludes halogenated alkanes) is 28. The third-order valence-corrected chi connectivity index (χ3v) is 12.2. The molecule has 386 valence electrons. The molecule has 0 bridgehead atoms. The number of hydrogen-bond acceptors (Lipinski definition) is 6. The van der Waals surface area contributed by atoms with Crippen molar-refractivity contribution in [2.75, 3.05) is 13.2 Å². The first-order valence-corrected chi connectivity index (χ1v) is 28.4. The molecule has 1 atom stereocenters. The van der Waals surface area contributed by atoms with Crippen molar-refractivity contribution in [3.63, 3.8) is 0 Å². The molecule has 0 saturated carbocycles. The van der Waals surface area contributed by atoms with Gasteiger partial charge in [0.25, 0.3) is 0 Å². The molecule has 0 spiro atoms. The first-order valence-electron chi connectivity index (χ1n) is 28.4. The van der Waals surface area contributed by atoms with Gasteiger partial charge < -0.3 is 14.2 Å². The maximum Gasteiger partial charge on any atom is 0.306 e. The Bertz CT molecular complexity index is 1260. The lowest BCUT2D eigenvalue weighted by atomic mass is 10.0. The highest BCUT2D eigenvalue weighted by Crippen LogP contribution is 2.16. The predicted octanol–water partition coefficient (Wildman–Crippen LogP) is 19.0. The number of rotatable bonds is 51. The molecular formula is C61H106O6. The van der Waals surface area contributed by atoms with E-state index in [-0.39, 0.29) is 37.5 Å². The molecule has 6 heteroatoms. The molecular weight excluding hydrogens is 829 g/mol. The first kappa shape index (κ1) is 63.8. The molecule has 0 amide bonds. The van der Waals surface area contributed by atoms with E-state index >= 15 is 0 Å². The molecule has 0 heterocycles. The number of ether oxygens (including phenoxy) is 3. The number of carbonyl (C=O) groups is 3. The summed E-state index contributed by atoms with van der Waals surface area (Å²) in [4.78, 5) is 38.1. The third kappa shape index (κ3) is 53.7. The highest BCUT2D eigenvalue weighted by atomic mass is 16.6. The summed E-state index contributed by atoms with van der Waals surface area (Å²) in [6, 6.07) is 0. The average Bonchev–Trinajstić information content (AvgIpc) is 3.33. The quantitative estimate of drug-likeness (QED) is 0.0262. The van der Waals surface area contributed by atoms with E-state index in [4.69, 9.17) is 14.2 Å². The predicted molar refractivity (Wildman–Crippen MR) is 288 cm³/mol. The van der Waals surface area contributed by atoms with E-state index in [2.05, 4.69) is 93.7 Å². The van der Waals surface area contributed by atoms with Gasteiger partial charge in [-0.2, -0.15) is 0 Å².